The lowest BCUT2D eigenvalue weighted by molar-refractivity contribution is -0.214. The minimum atomic E-state index is -1.30. The van der Waals surface area contributed by atoms with Gasteiger partial charge in [-0.3, -0.25) is 9.59 Å². The molecule has 2 amide bonds. The normalized spacial score (nSPS) is 37.4. The molecule has 0 aliphatic carbocycles. The van der Waals surface area contributed by atoms with Crippen molar-refractivity contribution in [3.05, 3.63) is 0 Å². The van der Waals surface area contributed by atoms with Crippen LogP contribution in [-0.4, -0.2) is 52.6 Å². The summed E-state index contributed by atoms with van der Waals surface area (Å²) in [6, 6.07) is -1.63. The minimum absolute atomic E-state index is 0.317. The van der Waals surface area contributed by atoms with E-state index in [9.17, 15) is 19.8 Å². The second-order valence-electron chi connectivity index (χ2n) is 4.17. The minimum Gasteiger partial charge on any atom is -0.389 e. The molecule has 1 unspecified atom stereocenters. The Hall–Kier alpha value is -1.18. The molecule has 0 saturated carbocycles. The Labute approximate surface area is 99.1 Å². The van der Waals surface area contributed by atoms with Crippen molar-refractivity contribution in [3.63, 3.8) is 0 Å². The molecule has 0 bridgehead atoms. The molecule has 1 rings (SSSR count). The van der Waals surface area contributed by atoms with E-state index in [4.69, 9.17) is 4.74 Å². The van der Waals surface area contributed by atoms with Gasteiger partial charge in [0.2, 0.25) is 11.8 Å². The third-order valence-corrected chi connectivity index (χ3v) is 2.64. The molecule has 0 radical (unpaired) electrons. The topological polar surface area (TPSA) is 108 Å². The largest absolute Gasteiger partial charge is 0.389 e. The second-order valence-corrected chi connectivity index (χ2v) is 4.17. The van der Waals surface area contributed by atoms with E-state index in [0.29, 0.717) is 0 Å². The van der Waals surface area contributed by atoms with E-state index in [2.05, 4.69) is 10.6 Å². The van der Waals surface area contributed by atoms with Gasteiger partial charge in [-0.1, -0.05) is 0 Å². The van der Waals surface area contributed by atoms with Gasteiger partial charge in [-0.25, -0.2) is 0 Å². The molecule has 1 aliphatic heterocycles. The molecule has 0 spiro atoms. The van der Waals surface area contributed by atoms with Crippen LogP contribution >= 0.6 is 0 Å². The van der Waals surface area contributed by atoms with Gasteiger partial charge in [-0.15, -0.1) is 0 Å². The fourth-order valence-corrected chi connectivity index (χ4v) is 1.89. The zero-order chi connectivity index (χ0) is 13.2. The highest BCUT2D eigenvalue weighted by Crippen LogP contribution is 2.19. The monoisotopic (exact) mass is 246 g/mol. The van der Waals surface area contributed by atoms with E-state index >= 15 is 0 Å². The number of aliphatic hydroxyl groups is 2. The zero-order valence-corrected chi connectivity index (χ0v) is 10.0. The molecule has 0 aromatic carbocycles. The highest BCUT2D eigenvalue weighted by molar-refractivity contribution is 5.74. The van der Waals surface area contributed by atoms with Gasteiger partial charge in [0.15, 0.2) is 6.29 Å². The molecule has 0 aromatic heterocycles. The molecule has 98 valence electrons. The molecule has 17 heavy (non-hydrogen) atoms. The lowest BCUT2D eigenvalue weighted by atomic mass is 9.95. The van der Waals surface area contributed by atoms with Crippen molar-refractivity contribution < 1.29 is 24.5 Å². The Morgan fingerprint density at radius 1 is 1.06 bits per heavy atom. The average molecular weight is 246 g/mol. The van der Waals surface area contributed by atoms with Crippen LogP contribution in [-0.2, 0) is 14.3 Å². The predicted molar refractivity (Wildman–Crippen MR) is 57.8 cm³/mol. The van der Waals surface area contributed by atoms with Gasteiger partial charge in [-0.05, 0) is 6.92 Å². The molecule has 5 atom stereocenters. The van der Waals surface area contributed by atoms with Crippen LogP contribution in [0.1, 0.15) is 20.8 Å². The van der Waals surface area contributed by atoms with E-state index in [1.807, 2.05) is 0 Å². The first-order valence-corrected chi connectivity index (χ1v) is 5.38. The van der Waals surface area contributed by atoms with E-state index < -0.39 is 36.5 Å². The number of carbonyl (C=O) groups excluding carboxylic acids is 2. The number of hydrogen-bond donors (Lipinski definition) is 4. The first kappa shape index (κ1) is 13.9. The lowest BCUT2D eigenvalue weighted by Crippen LogP contribution is -2.66. The molecular weight excluding hydrogens is 228 g/mol. The summed E-state index contributed by atoms with van der Waals surface area (Å²) >= 11 is 0. The van der Waals surface area contributed by atoms with E-state index in [1.165, 1.54) is 13.8 Å². The summed E-state index contributed by atoms with van der Waals surface area (Å²) in [5, 5.41) is 24.5. The Balaban J connectivity index is 2.78. The van der Waals surface area contributed by atoms with E-state index in [1.54, 1.807) is 6.92 Å². The van der Waals surface area contributed by atoms with Crippen LogP contribution < -0.4 is 10.6 Å². The number of rotatable bonds is 2. The number of nitrogens with one attached hydrogen (secondary N) is 2. The molecule has 1 aliphatic rings. The zero-order valence-electron chi connectivity index (χ0n) is 10.0. The Bertz CT molecular complexity index is 281. The third kappa shape index (κ3) is 3.39. The van der Waals surface area contributed by atoms with Crippen molar-refractivity contribution in [3.8, 4) is 0 Å². The summed E-state index contributed by atoms with van der Waals surface area (Å²) in [6.07, 6.45) is -2.95. The first-order chi connectivity index (χ1) is 7.82. The van der Waals surface area contributed by atoms with Gasteiger partial charge >= 0.3 is 0 Å². The standard InChI is InChI=1S/C10H18N2O5/c1-4-7(11-5(2)13)9(15)8(10(16)17-4)12-6(3)14/h4,7-10,15-16H,1-3H3,(H,11,13)(H,12,14)/t4-,7-,8+,9+,10?/m1/s1. The Kier molecular flexibility index (Phi) is 4.44. The average Bonchev–Trinajstić information content (AvgIpc) is 2.18. The van der Waals surface area contributed by atoms with Gasteiger partial charge in [0.1, 0.15) is 12.1 Å². The van der Waals surface area contributed by atoms with Crippen molar-refractivity contribution in [2.45, 2.75) is 51.4 Å². The molecule has 1 saturated heterocycles. The van der Waals surface area contributed by atoms with Crippen LogP contribution in [0.25, 0.3) is 0 Å². The highest BCUT2D eigenvalue weighted by Gasteiger charge is 2.43. The maximum absolute atomic E-state index is 11.0. The fraction of sp³-hybridized carbons (Fsp3) is 0.800. The number of carbonyl (C=O) groups is 2. The van der Waals surface area contributed by atoms with Crippen molar-refractivity contribution in [1.82, 2.24) is 10.6 Å². The van der Waals surface area contributed by atoms with Gasteiger partial charge < -0.3 is 25.6 Å². The SMILES string of the molecule is CC(=O)N[C@H]1[C@H](O)[C@H](NC(C)=O)C(O)O[C@@H]1C. The van der Waals surface area contributed by atoms with Crippen LogP contribution in [0.3, 0.4) is 0 Å². The van der Waals surface area contributed by atoms with Gasteiger partial charge in [0.25, 0.3) is 0 Å². The summed E-state index contributed by atoms with van der Waals surface area (Å²) < 4.78 is 5.15. The van der Waals surface area contributed by atoms with Crippen molar-refractivity contribution in [2.24, 2.45) is 0 Å². The summed E-state index contributed by atoms with van der Waals surface area (Å²) in [4.78, 5) is 21.9. The molecule has 4 N–H and O–H groups in total. The van der Waals surface area contributed by atoms with Crippen LogP contribution in [0, 0.1) is 0 Å². The van der Waals surface area contributed by atoms with Gasteiger partial charge in [-0.2, -0.15) is 0 Å². The van der Waals surface area contributed by atoms with E-state index in [-0.39, 0.29) is 5.91 Å². The van der Waals surface area contributed by atoms with Gasteiger partial charge in [0, 0.05) is 13.8 Å². The summed E-state index contributed by atoms with van der Waals surface area (Å²) in [5.74, 6) is -0.713. The Morgan fingerprint density at radius 3 is 2.00 bits per heavy atom. The van der Waals surface area contributed by atoms with Crippen LogP contribution in [0.15, 0.2) is 0 Å². The fourth-order valence-electron chi connectivity index (χ4n) is 1.89. The van der Waals surface area contributed by atoms with Crippen molar-refractivity contribution in [1.29, 1.82) is 0 Å². The third-order valence-electron chi connectivity index (χ3n) is 2.64. The number of amides is 2. The highest BCUT2D eigenvalue weighted by atomic mass is 16.6. The molecule has 1 fully saturated rings. The molecule has 0 aromatic rings. The quantitative estimate of drug-likeness (QED) is 0.455. The lowest BCUT2D eigenvalue weighted by Gasteiger charge is -2.42. The maximum Gasteiger partial charge on any atom is 0.217 e. The molecule has 7 nitrogen and oxygen atoms in total. The van der Waals surface area contributed by atoms with Crippen molar-refractivity contribution in [2.75, 3.05) is 0 Å². The number of aliphatic hydroxyl groups excluding tert-OH is 2. The van der Waals surface area contributed by atoms with E-state index in [0.717, 1.165) is 0 Å². The van der Waals surface area contributed by atoms with Crippen molar-refractivity contribution >= 4 is 11.8 Å². The predicted octanol–water partition coefficient (Wildman–Crippen LogP) is -1.91. The summed E-state index contributed by atoms with van der Waals surface area (Å²) in [6.45, 7) is 4.21. The summed E-state index contributed by atoms with van der Waals surface area (Å²) in [7, 11) is 0. The second kappa shape index (κ2) is 5.44. The Morgan fingerprint density at radius 2 is 1.53 bits per heavy atom. The first-order valence-electron chi connectivity index (χ1n) is 5.38. The number of ether oxygens (including phenoxy) is 1. The van der Waals surface area contributed by atoms with Crippen LogP contribution in [0.5, 0.6) is 0 Å². The molecular formula is C10H18N2O5. The van der Waals surface area contributed by atoms with Gasteiger partial charge in [0.05, 0.1) is 12.1 Å². The van der Waals surface area contributed by atoms with Crippen LogP contribution in [0.4, 0.5) is 0 Å². The molecule has 7 heteroatoms. The number of hydrogen-bond acceptors (Lipinski definition) is 5. The maximum atomic E-state index is 11.0. The molecule has 1 heterocycles. The summed E-state index contributed by atoms with van der Waals surface area (Å²) in [5.41, 5.74) is 0. The smallest absolute Gasteiger partial charge is 0.217 e. The van der Waals surface area contributed by atoms with Crippen LogP contribution in [0.2, 0.25) is 0 Å².